The van der Waals surface area contributed by atoms with Crippen molar-refractivity contribution in [3.63, 3.8) is 0 Å². The minimum Gasteiger partial charge on any atom is -0.454 e. The second-order valence-electron chi connectivity index (χ2n) is 7.90. The average molecular weight is 409 g/mol. The van der Waals surface area contributed by atoms with Crippen LogP contribution in [0.15, 0.2) is 36.4 Å². The quantitative estimate of drug-likeness (QED) is 0.740. The van der Waals surface area contributed by atoms with Gasteiger partial charge in [0, 0.05) is 44.4 Å². The van der Waals surface area contributed by atoms with E-state index in [0.29, 0.717) is 29.3 Å². The fourth-order valence-corrected chi connectivity index (χ4v) is 3.90. The van der Waals surface area contributed by atoms with Crippen molar-refractivity contribution >= 4 is 17.4 Å². The molecule has 0 aliphatic carbocycles. The molecule has 0 unspecified atom stereocenters. The van der Waals surface area contributed by atoms with Gasteiger partial charge in [0.25, 0.3) is 0 Å². The Labute approximate surface area is 176 Å². The summed E-state index contributed by atoms with van der Waals surface area (Å²) in [6.07, 6.45) is 0. The maximum absolute atomic E-state index is 12.6. The first-order valence-electron chi connectivity index (χ1n) is 10.2. The molecule has 1 N–H and O–H groups in total. The number of hydrogen-bond acceptors (Lipinski definition) is 6. The highest BCUT2D eigenvalue weighted by Gasteiger charge is 2.22. The lowest BCUT2D eigenvalue weighted by Gasteiger charge is -2.34. The van der Waals surface area contributed by atoms with Gasteiger partial charge >= 0.3 is 0 Å². The molecule has 30 heavy (non-hydrogen) atoms. The van der Waals surface area contributed by atoms with Gasteiger partial charge < -0.3 is 14.8 Å². The Balaban J connectivity index is 1.31. The molecule has 1 amide bonds. The zero-order valence-electron chi connectivity index (χ0n) is 17.4. The van der Waals surface area contributed by atoms with Crippen molar-refractivity contribution in [1.82, 2.24) is 9.80 Å². The predicted octanol–water partition coefficient (Wildman–Crippen LogP) is 2.68. The number of fused-ring (bicyclic) bond motifs is 1. The van der Waals surface area contributed by atoms with Crippen LogP contribution in [0.2, 0.25) is 0 Å². The number of carbonyl (C=O) groups excluding carboxylic acids is 2. The molecule has 7 nitrogen and oxygen atoms in total. The summed E-state index contributed by atoms with van der Waals surface area (Å²) in [4.78, 5) is 29.1. The van der Waals surface area contributed by atoms with E-state index in [1.54, 1.807) is 12.1 Å². The lowest BCUT2D eigenvalue weighted by atomic mass is 10.1. The number of nitrogens with one attached hydrogen (secondary N) is 1. The van der Waals surface area contributed by atoms with E-state index in [4.69, 9.17) is 9.47 Å². The van der Waals surface area contributed by atoms with Crippen LogP contribution in [-0.4, -0.2) is 61.0 Å². The van der Waals surface area contributed by atoms with Gasteiger partial charge in [0.05, 0.1) is 12.2 Å². The van der Waals surface area contributed by atoms with Crippen molar-refractivity contribution in [2.75, 3.05) is 44.8 Å². The number of amides is 1. The summed E-state index contributed by atoms with van der Waals surface area (Å²) >= 11 is 0. The van der Waals surface area contributed by atoms with E-state index in [0.717, 1.165) is 32.7 Å². The van der Waals surface area contributed by atoms with Crippen LogP contribution in [0.1, 0.15) is 28.4 Å². The predicted molar refractivity (Wildman–Crippen MR) is 114 cm³/mol. The van der Waals surface area contributed by atoms with Crippen molar-refractivity contribution in [3.8, 4) is 11.5 Å². The molecule has 4 rings (SSSR count). The molecule has 2 heterocycles. The van der Waals surface area contributed by atoms with Crippen LogP contribution < -0.4 is 14.8 Å². The average Bonchev–Trinajstić information content (AvgIpc) is 3.16. The Kier molecular flexibility index (Phi) is 6.01. The zero-order chi connectivity index (χ0) is 21.1. The number of aryl methyl sites for hydroxylation is 1. The van der Waals surface area contributed by atoms with E-state index < -0.39 is 0 Å². The molecular weight excluding hydrogens is 382 g/mol. The smallest absolute Gasteiger partial charge is 0.238 e. The largest absolute Gasteiger partial charge is 0.454 e. The van der Waals surface area contributed by atoms with Gasteiger partial charge in [-0.2, -0.15) is 0 Å². The summed E-state index contributed by atoms with van der Waals surface area (Å²) in [5.74, 6) is 0.805. The fraction of sp³-hybridized carbons (Fsp3) is 0.391. The molecule has 0 saturated carbocycles. The Morgan fingerprint density at radius 3 is 2.40 bits per heavy atom. The lowest BCUT2D eigenvalue weighted by molar-refractivity contribution is -0.117. The number of Topliss-reactive ketones (excluding diaryl/α,β-unsaturated/α-hetero) is 1. The zero-order valence-corrected chi connectivity index (χ0v) is 17.4. The third-order valence-corrected chi connectivity index (χ3v) is 5.49. The van der Waals surface area contributed by atoms with Gasteiger partial charge in [-0.15, -0.1) is 0 Å². The van der Waals surface area contributed by atoms with Gasteiger partial charge in [-0.1, -0.05) is 29.8 Å². The summed E-state index contributed by atoms with van der Waals surface area (Å²) in [5, 5.41) is 2.88. The minimum atomic E-state index is -0.136. The first-order valence-corrected chi connectivity index (χ1v) is 10.2. The van der Waals surface area contributed by atoms with E-state index in [9.17, 15) is 9.59 Å². The Bertz CT molecular complexity index is 951. The molecule has 158 valence electrons. The van der Waals surface area contributed by atoms with Crippen LogP contribution in [-0.2, 0) is 11.3 Å². The van der Waals surface area contributed by atoms with Crippen LogP contribution in [0.5, 0.6) is 11.5 Å². The number of hydrogen-bond donors (Lipinski definition) is 1. The van der Waals surface area contributed by atoms with Crippen LogP contribution in [0, 0.1) is 6.92 Å². The Morgan fingerprint density at radius 2 is 1.70 bits per heavy atom. The van der Waals surface area contributed by atoms with E-state index >= 15 is 0 Å². The van der Waals surface area contributed by atoms with Gasteiger partial charge in [0.2, 0.25) is 12.7 Å². The summed E-state index contributed by atoms with van der Waals surface area (Å²) in [6, 6.07) is 11.9. The molecule has 0 bridgehead atoms. The third-order valence-electron chi connectivity index (χ3n) is 5.49. The van der Waals surface area contributed by atoms with Gasteiger partial charge in [-0.05, 0) is 25.5 Å². The van der Waals surface area contributed by atoms with Gasteiger partial charge in [-0.25, -0.2) is 0 Å². The Hall–Kier alpha value is -2.90. The maximum atomic E-state index is 12.6. The highest BCUT2D eigenvalue weighted by Crippen LogP contribution is 2.37. The number of benzene rings is 2. The molecule has 7 heteroatoms. The molecular formula is C23H27N3O4. The molecule has 2 aliphatic heterocycles. The SMILES string of the molecule is CC(=O)c1cc2c(cc1NC(=O)CN1CCN(Cc3cccc(C)c3)CC1)OCO2. The van der Waals surface area contributed by atoms with Crippen molar-refractivity contribution in [1.29, 1.82) is 0 Å². The summed E-state index contributed by atoms with van der Waals surface area (Å²) in [6.45, 7) is 8.44. The van der Waals surface area contributed by atoms with Crippen molar-refractivity contribution < 1.29 is 19.1 Å². The molecule has 0 spiro atoms. The van der Waals surface area contributed by atoms with E-state index in [1.807, 2.05) is 0 Å². The van der Waals surface area contributed by atoms with E-state index in [-0.39, 0.29) is 18.5 Å². The van der Waals surface area contributed by atoms with E-state index in [1.165, 1.54) is 18.1 Å². The summed E-state index contributed by atoms with van der Waals surface area (Å²) in [7, 11) is 0. The molecule has 0 radical (unpaired) electrons. The van der Waals surface area contributed by atoms with Gasteiger partial charge in [0.1, 0.15) is 0 Å². The standard InChI is InChI=1S/C23H27N3O4/c1-16-4-3-5-18(10-16)13-25-6-8-26(9-7-25)14-23(28)24-20-12-22-21(29-15-30-22)11-19(20)17(2)27/h3-5,10-12H,6-9,13-15H2,1-2H3,(H,24,28). The van der Waals surface area contributed by atoms with Crippen LogP contribution >= 0.6 is 0 Å². The molecule has 2 aromatic rings. The van der Waals surface area contributed by atoms with Gasteiger partial charge in [-0.3, -0.25) is 19.4 Å². The number of rotatable bonds is 6. The number of carbonyl (C=O) groups is 2. The molecule has 2 aliphatic rings. The van der Waals surface area contributed by atoms with Crippen LogP contribution in [0.3, 0.4) is 0 Å². The van der Waals surface area contributed by atoms with Crippen molar-refractivity contribution in [2.24, 2.45) is 0 Å². The van der Waals surface area contributed by atoms with Crippen LogP contribution in [0.4, 0.5) is 5.69 Å². The minimum absolute atomic E-state index is 0.122. The molecule has 1 saturated heterocycles. The number of anilines is 1. The molecule has 0 aromatic heterocycles. The number of nitrogens with zero attached hydrogens (tertiary/aromatic N) is 2. The fourth-order valence-electron chi connectivity index (χ4n) is 3.90. The highest BCUT2D eigenvalue weighted by molar-refractivity contribution is 6.05. The number of piperazine rings is 1. The monoisotopic (exact) mass is 409 g/mol. The summed E-state index contributed by atoms with van der Waals surface area (Å²) in [5.41, 5.74) is 3.49. The normalized spacial score (nSPS) is 16.5. The lowest BCUT2D eigenvalue weighted by Crippen LogP contribution is -2.48. The number of ether oxygens (including phenoxy) is 2. The third kappa shape index (κ3) is 4.80. The number of ketones is 1. The first kappa shape index (κ1) is 20.4. The topological polar surface area (TPSA) is 71.1 Å². The van der Waals surface area contributed by atoms with Crippen LogP contribution in [0.25, 0.3) is 0 Å². The summed E-state index contributed by atoms with van der Waals surface area (Å²) < 4.78 is 10.7. The van der Waals surface area contributed by atoms with Crippen molar-refractivity contribution in [2.45, 2.75) is 20.4 Å². The van der Waals surface area contributed by atoms with Gasteiger partial charge in [0.15, 0.2) is 17.3 Å². The highest BCUT2D eigenvalue weighted by atomic mass is 16.7. The van der Waals surface area contributed by atoms with E-state index in [2.05, 4.69) is 46.3 Å². The second-order valence-corrected chi connectivity index (χ2v) is 7.90. The Morgan fingerprint density at radius 1 is 1.00 bits per heavy atom. The van der Waals surface area contributed by atoms with Crippen molar-refractivity contribution in [3.05, 3.63) is 53.1 Å². The molecule has 0 atom stereocenters. The first-order chi connectivity index (χ1) is 14.5. The molecule has 2 aromatic carbocycles. The maximum Gasteiger partial charge on any atom is 0.238 e. The molecule has 1 fully saturated rings. The second kappa shape index (κ2) is 8.85.